The van der Waals surface area contributed by atoms with Crippen LogP contribution in [0.25, 0.3) is 27.8 Å². The summed E-state index contributed by atoms with van der Waals surface area (Å²) < 4.78 is 2.08. The molecule has 1 aliphatic carbocycles. The smallest absolute Gasteiger partial charge is 0.261 e. The third-order valence-electron chi connectivity index (χ3n) is 7.93. The highest BCUT2D eigenvalue weighted by molar-refractivity contribution is 6.21. The van der Waals surface area contributed by atoms with Crippen LogP contribution in [0.15, 0.2) is 67.0 Å². The summed E-state index contributed by atoms with van der Waals surface area (Å²) in [6.07, 6.45) is 7.37. The van der Waals surface area contributed by atoms with Crippen molar-refractivity contribution in [3.05, 3.63) is 83.9 Å². The van der Waals surface area contributed by atoms with Crippen molar-refractivity contribution in [2.75, 3.05) is 12.3 Å². The van der Waals surface area contributed by atoms with E-state index in [0.717, 1.165) is 59.3 Å². The van der Waals surface area contributed by atoms with Crippen molar-refractivity contribution in [2.45, 2.75) is 31.6 Å². The van der Waals surface area contributed by atoms with Gasteiger partial charge in [0.2, 0.25) is 0 Å². The van der Waals surface area contributed by atoms with Gasteiger partial charge in [-0.3, -0.25) is 18.9 Å². The number of hydrogen-bond donors (Lipinski definition) is 2. The van der Waals surface area contributed by atoms with E-state index in [0.29, 0.717) is 23.5 Å². The van der Waals surface area contributed by atoms with Crippen molar-refractivity contribution < 1.29 is 9.59 Å². The Kier molecular flexibility index (Phi) is 4.89. The van der Waals surface area contributed by atoms with Crippen LogP contribution in [-0.4, -0.2) is 42.6 Å². The number of fused-ring (bicyclic) bond motifs is 3. The van der Waals surface area contributed by atoms with E-state index < -0.39 is 0 Å². The molecule has 0 atom stereocenters. The van der Waals surface area contributed by atoms with Crippen LogP contribution in [0.2, 0.25) is 0 Å². The average molecular weight is 491 g/mol. The van der Waals surface area contributed by atoms with Crippen molar-refractivity contribution >= 4 is 34.1 Å². The molecule has 7 rings (SSSR count). The lowest BCUT2D eigenvalue weighted by atomic mass is 9.81. The predicted octanol–water partition coefficient (Wildman–Crippen LogP) is 5.03. The minimum atomic E-state index is -0.173. The molecule has 3 N–H and O–H groups in total. The van der Waals surface area contributed by atoms with Crippen molar-refractivity contribution in [3.8, 4) is 11.4 Å². The first-order valence-electron chi connectivity index (χ1n) is 12.7. The van der Waals surface area contributed by atoms with Crippen LogP contribution < -0.4 is 5.73 Å². The van der Waals surface area contributed by atoms with E-state index in [1.165, 1.54) is 4.90 Å². The summed E-state index contributed by atoms with van der Waals surface area (Å²) in [6.45, 7) is 0.471. The van der Waals surface area contributed by atoms with E-state index in [2.05, 4.69) is 32.6 Å². The van der Waals surface area contributed by atoms with Gasteiger partial charge in [-0.2, -0.15) is 0 Å². The molecule has 2 aromatic carbocycles. The summed E-state index contributed by atoms with van der Waals surface area (Å²) in [5.41, 5.74) is 11.0. The van der Waals surface area contributed by atoms with E-state index in [1.807, 2.05) is 18.3 Å². The molecule has 4 heterocycles. The second-order valence-corrected chi connectivity index (χ2v) is 10.1. The molecular formula is C29H26N6O2. The summed E-state index contributed by atoms with van der Waals surface area (Å²) in [6, 6.07) is 17.3. The van der Waals surface area contributed by atoms with Gasteiger partial charge in [0.05, 0.1) is 16.8 Å². The minimum absolute atomic E-state index is 0.173. The number of aromatic nitrogens is 4. The number of anilines is 1. The SMILES string of the molecule is Nc1nccn2c(C3CCC(CN4C(=O)c5ccccc5C4=O)CC3)nc(-c3cc4ccccc4[nH]3)c12. The van der Waals surface area contributed by atoms with Crippen molar-refractivity contribution in [3.63, 3.8) is 0 Å². The molecule has 0 spiro atoms. The third-order valence-corrected chi connectivity index (χ3v) is 7.93. The molecule has 0 unspecified atom stereocenters. The lowest BCUT2D eigenvalue weighted by molar-refractivity contribution is 0.0614. The van der Waals surface area contributed by atoms with Crippen LogP contribution in [-0.2, 0) is 0 Å². The van der Waals surface area contributed by atoms with E-state index >= 15 is 0 Å². The number of nitrogen functional groups attached to an aromatic ring is 1. The molecule has 0 saturated heterocycles. The molecule has 8 nitrogen and oxygen atoms in total. The van der Waals surface area contributed by atoms with Gasteiger partial charge in [-0.1, -0.05) is 30.3 Å². The number of nitrogens with one attached hydrogen (secondary N) is 1. The fourth-order valence-electron chi connectivity index (χ4n) is 6.03. The number of nitrogens with two attached hydrogens (primary N) is 1. The number of aromatic amines is 1. The van der Waals surface area contributed by atoms with Crippen LogP contribution in [0, 0.1) is 5.92 Å². The second kappa shape index (κ2) is 8.30. The maximum absolute atomic E-state index is 12.8. The number of imidazole rings is 1. The zero-order valence-corrected chi connectivity index (χ0v) is 20.2. The molecule has 8 heteroatoms. The number of nitrogens with zero attached hydrogens (tertiary/aromatic N) is 4. The normalized spacial score (nSPS) is 19.7. The van der Waals surface area contributed by atoms with Crippen LogP contribution in [0.3, 0.4) is 0 Å². The number of amides is 2. The van der Waals surface area contributed by atoms with Gasteiger partial charge in [-0.25, -0.2) is 9.97 Å². The molecule has 37 heavy (non-hydrogen) atoms. The summed E-state index contributed by atoms with van der Waals surface area (Å²) in [5, 5.41) is 1.12. The fraction of sp³-hybridized carbons (Fsp3) is 0.241. The zero-order chi connectivity index (χ0) is 25.1. The lowest BCUT2D eigenvalue weighted by Crippen LogP contribution is -2.35. The Balaban J connectivity index is 1.14. The number of carbonyl (C=O) groups is 2. The highest BCUT2D eigenvalue weighted by atomic mass is 16.2. The quantitative estimate of drug-likeness (QED) is 0.344. The third kappa shape index (κ3) is 3.43. The molecule has 184 valence electrons. The van der Waals surface area contributed by atoms with Crippen LogP contribution in [0.1, 0.15) is 58.1 Å². The van der Waals surface area contributed by atoms with Gasteiger partial charge in [0.1, 0.15) is 22.9 Å². The first-order chi connectivity index (χ1) is 18.1. The molecule has 0 bridgehead atoms. The molecule has 1 aliphatic heterocycles. The van der Waals surface area contributed by atoms with Gasteiger partial charge in [0, 0.05) is 35.8 Å². The average Bonchev–Trinajstić information content (AvgIpc) is 3.59. The number of hydrogen-bond acceptors (Lipinski definition) is 5. The van der Waals surface area contributed by atoms with E-state index in [4.69, 9.17) is 10.7 Å². The summed E-state index contributed by atoms with van der Waals surface area (Å²) in [5.74, 6) is 1.63. The Bertz CT molecular complexity index is 1620. The number of imide groups is 1. The Labute approximate surface area is 213 Å². The predicted molar refractivity (Wildman–Crippen MR) is 141 cm³/mol. The van der Waals surface area contributed by atoms with E-state index in [9.17, 15) is 9.59 Å². The summed E-state index contributed by atoms with van der Waals surface area (Å²) in [7, 11) is 0. The van der Waals surface area contributed by atoms with Crippen molar-refractivity contribution in [1.29, 1.82) is 0 Å². The maximum atomic E-state index is 12.8. The molecule has 5 aromatic rings. The van der Waals surface area contributed by atoms with Crippen LogP contribution >= 0.6 is 0 Å². The van der Waals surface area contributed by atoms with Gasteiger partial charge in [-0.15, -0.1) is 0 Å². The van der Waals surface area contributed by atoms with E-state index in [1.54, 1.807) is 30.5 Å². The Morgan fingerprint density at radius 1 is 0.946 bits per heavy atom. The number of para-hydroxylation sites is 1. The van der Waals surface area contributed by atoms with Gasteiger partial charge in [-0.05, 0) is 55.9 Å². The Morgan fingerprint density at radius 3 is 2.38 bits per heavy atom. The molecule has 2 aliphatic rings. The van der Waals surface area contributed by atoms with Gasteiger partial charge >= 0.3 is 0 Å². The number of rotatable bonds is 4. The zero-order valence-electron chi connectivity index (χ0n) is 20.2. The fourth-order valence-corrected chi connectivity index (χ4v) is 6.03. The minimum Gasteiger partial charge on any atom is -0.382 e. The molecule has 1 fully saturated rings. The maximum Gasteiger partial charge on any atom is 0.261 e. The molecule has 0 radical (unpaired) electrons. The van der Waals surface area contributed by atoms with Gasteiger partial charge < -0.3 is 10.7 Å². The molecular weight excluding hydrogens is 464 g/mol. The van der Waals surface area contributed by atoms with Gasteiger partial charge in [0.25, 0.3) is 11.8 Å². The standard InChI is InChI=1S/C29H26N6O2/c30-26-25-24(23-15-19-5-1-4-8-22(19)32-23)33-27(34(25)14-13-31-26)18-11-9-17(10-12-18)16-35-28(36)20-6-2-3-7-21(20)29(35)37/h1-8,13-15,17-18,32H,9-12,16H2,(H2,30,31). The Hall–Kier alpha value is -4.46. The molecule has 3 aromatic heterocycles. The first kappa shape index (κ1) is 21.8. The van der Waals surface area contributed by atoms with Gasteiger partial charge in [0.15, 0.2) is 0 Å². The first-order valence-corrected chi connectivity index (χ1v) is 12.7. The van der Waals surface area contributed by atoms with Crippen LogP contribution in [0.5, 0.6) is 0 Å². The highest BCUT2D eigenvalue weighted by Crippen LogP contribution is 2.39. The van der Waals surface area contributed by atoms with Crippen molar-refractivity contribution in [2.24, 2.45) is 5.92 Å². The molecule has 1 saturated carbocycles. The lowest BCUT2D eigenvalue weighted by Gasteiger charge is -2.30. The highest BCUT2D eigenvalue weighted by Gasteiger charge is 2.37. The Morgan fingerprint density at radius 2 is 1.65 bits per heavy atom. The molecule has 2 amide bonds. The van der Waals surface area contributed by atoms with E-state index in [-0.39, 0.29) is 23.7 Å². The number of carbonyl (C=O) groups excluding carboxylic acids is 2. The van der Waals surface area contributed by atoms with Crippen molar-refractivity contribution in [1.82, 2.24) is 24.3 Å². The topological polar surface area (TPSA) is 109 Å². The number of benzene rings is 2. The largest absolute Gasteiger partial charge is 0.382 e. The second-order valence-electron chi connectivity index (χ2n) is 10.1. The number of H-pyrrole nitrogens is 1. The summed E-state index contributed by atoms with van der Waals surface area (Å²) >= 11 is 0. The monoisotopic (exact) mass is 490 g/mol. The van der Waals surface area contributed by atoms with Crippen LogP contribution in [0.4, 0.5) is 5.82 Å². The summed E-state index contributed by atoms with van der Waals surface area (Å²) in [4.78, 5) is 40.0.